The maximum absolute atomic E-state index is 13.5. The number of halogens is 2. The third-order valence-corrected chi connectivity index (χ3v) is 3.09. The fourth-order valence-electron chi connectivity index (χ4n) is 1.89. The Bertz CT molecular complexity index is 583. The van der Waals surface area contributed by atoms with E-state index in [1.54, 1.807) is 16.7 Å². The lowest BCUT2D eigenvalue weighted by Gasteiger charge is -2.12. The molecule has 0 spiro atoms. The molecule has 0 fully saturated rings. The van der Waals surface area contributed by atoms with Crippen LogP contribution in [0.2, 0.25) is 5.02 Å². The van der Waals surface area contributed by atoms with Crippen molar-refractivity contribution in [3.63, 3.8) is 0 Å². The van der Waals surface area contributed by atoms with Gasteiger partial charge in [0.1, 0.15) is 12.4 Å². The number of benzene rings is 1. The summed E-state index contributed by atoms with van der Waals surface area (Å²) in [5.74, 6) is 0.766. The molecular weight excluding hydrogens is 269 g/mol. The Hall–Kier alpha value is -1.46. The first kappa shape index (κ1) is 14.0. The quantitative estimate of drug-likeness (QED) is 0.939. The summed E-state index contributed by atoms with van der Waals surface area (Å²) < 4.78 is 15.3. The van der Waals surface area contributed by atoms with E-state index in [0.29, 0.717) is 29.7 Å². The highest BCUT2D eigenvalue weighted by atomic mass is 35.5. The maximum Gasteiger partial charge on any atom is 0.165 e. The Balaban J connectivity index is 2.55. The van der Waals surface area contributed by atoms with Gasteiger partial charge in [-0.05, 0) is 18.1 Å². The van der Waals surface area contributed by atoms with Crippen LogP contribution in [0.3, 0.4) is 0 Å². The minimum Gasteiger partial charge on any atom is -0.388 e. The van der Waals surface area contributed by atoms with Gasteiger partial charge in [0.05, 0.1) is 5.02 Å². The predicted octanol–water partition coefficient (Wildman–Crippen LogP) is 2.89. The summed E-state index contributed by atoms with van der Waals surface area (Å²) in [6.45, 7) is 4.49. The van der Waals surface area contributed by atoms with E-state index in [1.807, 2.05) is 13.8 Å². The number of hydrogen-bond donors (Lipinski definition) is 1. The highest BCUT2D eigenvalue weighted by molar-refractivity contribution is 6.33. The van der Waals surface area contributed by atoms with Gasteiger partial charge in [-0.1, -0.05) is 31.5 Å². The van der Waals surface area contributed by atoms with Crippen LogP contribution in [-0.4, -0.2) is 19.9 Å². The van der Waals surface area contributed by atoms with Crippen LogP contribution in [0.5, 0.6) is 0 Å². The topological polar surface area (TPSA) is 50.9 Å². The molecule has 0 amide bonds. The molecule has 0 radical (unpaired) electrons. The fraction of sp³-hybridized carbons (Fsp3) is 0.385. The van der Waals surface area contributed by atoms with Crippen molar-refractivity contribution < 1.29 is 9.50 Å². The van der Waals surface area contributed by atoms with Gasteiger partial charge in [-0.2, -0.15) is 0 Å². The molecule has 0 saturated carbocycles. The van der Waals surface area contributed by atoms with E-state index in [-0.39, 0.29) is 11.6 Å². The van der Waals surface area contributed by atoms with E-state index < -0.39 is 5.82 Å². The summed E-state index contributed by atoms with van der Waals surface area (Å²) in [7, 11) is 0. The molecule has 6 heteroatoms. The van der Waals surface area contributed by atoms with E-state index >= 15 is 0 Å². The summed E-state index contributed by atoms with van der Waals surface area (Å²) in [4.78, 5) is 0. The number of aliphatic hydroxyl groups excluding tert-OH is 1. The second-order valence-corrected chi connectivity index (χ2v) is 5.08. The lowest BCUT2D eigenvalue weighted by molar-refractivity contribution is 0.262. The molecule has 0 atom stereocenters. The normalized spacial score (nSPS) is 11.3. The van der Waals surface area contributed by atoms with Crippen molar-refractivity contribution in [2.45, 2.75) is 27.0 Å². The number of nitrogens with zero attached hydrogens (tertiary/aromatic N) is 3. The van der Waals surface area contributed by atoms with Crippen molar-refractivity contribution in [1.29, 1.82) is 0 Å². The second-order valence-electron chi connectivity index (χ2n) is 4.70. The van der Waals surface area contributed by atoms with Crippen molar-refractivity contribution >= 4 is 11.6 Å². The molecular formula is C13H15ClFN3O. The number of aliphatic hydroxyl groups is 1. The summed E-state index contributed by atoms with van der Waals surface area (Å²) in [5.41, 5.74) is 0.481. The van der Waals surface area contributed by atoms with Crippen molar-refractivity contribution in [3.05, 3.63) is 34.9 Å². The van der Waals surface area contributed by atoms with Crippen LogP contribution in [0.1, 0.15) is 19.7 Å². The third-order valence-electron chi connectivity index (χ3n) is 2.71. The SMILES string of the molecule is CC(C)Cn1c(CO)nnc1-c1cccc(F)c1Cl. The fourth-order valence-corrected chi connectivity index (χ4v) is 2.10. The zero-order valence-corrected chi connectivity index (χ0v) is 11.5. The van der Waals surface area contributed by atoms with Crippen LogP contribution in [0.25, 0.3) is 11.4 Å². The Labute approximate surface area is 115 Å². The monoisotopic (exact) mass is 283 g/mol. The first-order valence-corrected chi connectivity index (χ1v) is 6.39. The molecule has 0 saturated heterocycles. The first-order chi connectivity index (χ1) is 9.04. The standard InChI is InChI=1S/C13H15ClFN3O/c1-8(2)6-18-11(7-19)16-17-13(18)9-4-3-5-10(15)12(9)14/h3-5,8,19H,6-7H2,1-2H3. The number of hydrogen-bond acceptors (Lipinski definition) is 3. The van der Waals surface area contributed by atoms with Crippen LogP contribution in [0.4, 0.5) is 4.39 Å². The lowest BCUT2D eigenvalue weighted by Crippen LogP contribution is -2.10. The van der Waals surface area contributed by atoms with Crippen LogP contribution in [-0.2, 0) is 13.2 Å². The smallest absolute Gasteiger partial charge is 0.165 e. The van der Waals surface area contributed by atoms with E-state index in [9.17, 15) is 9.50 Å². The molecule has 0 aliphatic rings. The molecule has 1 aromatic carbocycles. The van der Waals surface area contributed by atoms with E-state index in [0.717, 1.165) is 0 Å². The third kappa shape index (κ3) is 2.77. The van der Waals surface area contributed by atoms with Gasteiger partial charge in [0.2, 0.25) is 0 Å². The van der Waals surface area contributed by atoms with Crippen molar-refractivity contribution in [2.24, 2.45) is 5.92 Å². The average molecular weight is 284 g/mol. The molecule has 4 nitrogen and oxygen atoms in total. The predicted molar refractivity (Wildman–Crippen MR) is 71.2 cm³/mol. The Morgan fingerprint density at radius 3 is 2.74 bits per heavy atom. The molecule has 0 aliphatic carbocycles. The zero-order chi connectivity index (χ0) is 14.0. The molecule has 0 aliphatic heterocycles. The van der Waals surface area contributed by atoms with Gasteiger partial charge < -0.3 is 9.67 Å². The Kier molecular flexibility index (Phi) is 4.17. The molecule has 1 heterocycles. The molecule has 0 bridgehead atoms. The van der Waals surface area contributed by atoms with Gasteiger partial charge in [0, 0.05) is 12.1 Å². The molecule has 2 aromatic rings. The van der Waals surface area contributed by atoms with Crippen molar-refractivity contribution in [2.75, 3.05) is 0 Å². The Morgan fingerprint density at radius 2 is 2.11 bits per heavy atom. The van der Waals surface area contributed by atoms with Gasteiger partial charge in [0.25, 0.3) is 0 Å². The van der Waals surface area contributed by atoms with E-state index in [1.165, 1.54) is 6.07 Å². The Morgan fingerprint density at radius 1 is 1.37 bits per heavy atom. The van der Waals surface area contributed by atoms with E-state index in [2.05, 4.69) is 10.2 Å². The molecule has 1 N–H and O–H groups in total. The van der Waals surface area contributed by atoms with Crippen molar-refractivity contribution in [3.8, 4) is 11.4 Å². The molecule has 102 valence electrons. The number of rotatable bonds is 4. The van der Waals surface area contributed by atoms with Gasteiger partial charge >= 0.3 is 0 Å². The van der Waals surface area contributed by atoms with Crippen LogP contribution in [0, 0.1) is 11.7 Å². The molecule has 19 heavy (non-hydrogen) atoms. The summed E-state index contributed by atoms with van der Waals surface area (Å²) in [5, 5.41) is 17.2. The van der Waals surface area contributed by atoms with Gasteiger partial charge in [-0.25, -0.2) is 4.39 Å². The minimum atomic E-state index is -0.496. The summed E-state index contributed by atoms with van der Waals surface area (Å²) in [6, 6.07) is 4.55. The largest absolute Gasteiger partial charge is 0.388 e. The van der Waals surface area contributed by atoms with Crippen LogP contribution in [0.15, 0.2) is 18.2 Å². The first-order valence-electron chi connectivity index (χ1n) is 6.02. The van der Waals surface area contributed by atoms with Crippen molar-refractivity contribution in [1.82, 2.24) is 14.8 Å². The van der Waals surface area contributed by atoms with Gasteiger partial charge in [-0.15, -0.1) is 10.2 Å². The molecule has 0 unspecified atom stereocenters. The maximum atomic E-state index is 13.5. The van der Waals surface area contributed by atoms with Crippen LogP contribution < -0.4 is 0 Å². The lowest BCUT2D eigenvalue weighted by atomic mass is 10.1. The second kappa shape index (κ2) is 5.67. The highest BCUT2D eigenvalue weighted by Crippen LogP contribution is 2.29. The van der Waals surface area contributed by atoms with Crippen LogP contribution >= 0.6 is 11.6 Å². The zero-order valence-electron chi connectivity index (χ0n) is 10.8. The summed E-state index contributed by atoms with van der Waals surface area (Å²) >= 11 is 5.97. The minimum absolute atomic E-state index is 0.0180. The average Bonchev–Trinajstić information content (AvgIpc) is 2.75. The summed E-state index contributed by atoms with van der Waals surface area (Å²) in [6.07, 6.45) is 0. The molecule has 2 rings (SSSR count). The number of aromatic nitrogens is 3. The van der Waals surface area contributed by atoms with Gasteiger partial charge in [-0.3, -0.25) is 0 Å². The van der Waals surface area contributed by atoms with E-state index in [4.69, 9.17) is 11.6 Å². The molecule has 1 aromatic heterocycles. The van der Waals surface area contributed by atoms with Gasteiger partial charge in [0.15, 0.2) is 11.6 Å². The highest BCUT2D eigenvalue weighted by Gasteiger charge is 2.17.